The van der Waals surface area contributed by atoms with Gasteiger partial charge >= 0.3 is 5.97 Å². The van der Waals surface area contributed by atoms with Crippen molar-refractivity contribution in [1.82, 2.24) is 0 Å². The smallest absolute Gasteiger partial charge is 0.344 e. The lowest BCUT2D eigenvalue weighted by atomic mass is 10.3. The van der Waals surface area contributed by atoms with E-state index < -0.39 is 12.1 Å². The van der Waals surface area contributed by atoms with E-state index in [1.54, 1.807) is 24.3 Å². The Labute approximate surface area is 98.1 Å². The summed E-state index contributed by atoms with van der Waals surface area (Å²) in [7, 11) is 0. The molecule has 0 spiro atoms. The predicted molar refractivity (Wildman–Crippen MR) is 66.9 cm³/mol. The first kappa shape index (κ1) is 16.9. The predicted octanol–water partition coefficient (Wildman–Crippen LogP) is 3.59. The van der Waals surface area contributed by atoms with Crippen molar-refractivity contribution in [1.29, 1.82) is 0 Å². The van der Waals surface area contributed by atoms with Gasteiger partial charge in [0.25, 0.3) is 0 Å². The molecule has 1 aromatic rings. The Morgan fingerprint density at radius 2 is 1.56 bits per heavy atom. The van der Waals surface area contributed by atoms with E-state index in [2.05, 4.69) is 0 Å². The highest BCUT2D eigenvalue weighted by molar-refractivity contribution is 5.72. The summed E-state index contributed by atoms with van der Waals surface area (Å²) < 4.78 is 5.08. The third-order valence-corrected chi connectivity index (χ3v) is 1.40. The Morgan fingerprint density at radius 3 is 1.94 bits per heavy atom. The highest BCUT2D eigenvalue weighted by Gasteiger charge is 2.11. The zero-order valence-corrected chi connectivity index (χ0v) is 10.7. The summed E-state index contributed by atoms with van der Waals surface area (Å²) in [6, 6.07) is 8.88. The number of hydrogen-bond donors (Lipinski definition) is 1. The van der Waals surface area contributed by atoms with Crippen LogP contribution in [0.15, 0.2) is 30.3 Å². The zero-order chi connectivity index (χ0) is 13.0. The minimum atomic E-state index is -0.959. The lowest BCUT2D eigenvalue weighted by molar-refractivity contribution is -0.144. The van der Waals surface area contributed by atoms with Crippen molar-refractivity contribution in [2.75, 3.05) is 0 Å². The van der Waals surface area contributed by atoms with Gasteiger partial charge in [-0.2, -0.15) is 0 Å². The number of ether oxygens (including phenoxy) is 1. The molecule has 1 N–H and O–H groups in total. The standard InChI is InChI=1S/C9H10O3.2C2H6/c1-7(9(10)11)12-8-5-3-2-4-6-8;2*1-2/h2-7H,1H3,(H,10,11);2*1-2H3. The summed E-state index contributed by atoms with van der Waals surface area (Å²) in [5.41, 5.74) is 0. The first-order chi connectivity index (χ1) is 7.70. The third-order valence-electron chi connectivity index (χ3n) is 1.40. The van der Waals surface area contributed by atoms with Crippen LogP contribution in [0.1, 0.15) is 34.6 Å². The Bertz CT molecular complexity index is 257. The Morgan fingerprint density at radius 1 is 1.12 bits per heavy atom. The summed E-state index contributed by atoms with van der Waals surface area (Å²) in [5.74, 6) is -0.383. The van der Waals surface area contributed by atoms with E-state index in [1.165, 1.54) is 6.92 Å². The van der Waals surface area contributed by atoms with Crippen molar-refractivity contribution in [3.63, 3.8) is 0 Å². The largest absolute Gasteiger partial charge is 0.479 e. The monoisotopic (exact) mass is 226 g/mol. The van der Waals surface area contributed by atoms with E-state index in [0.29, 0.717) is 5.75 Å². The molecule has 0 saturated heterocycles. The number of carboxylic acid groups (broad SMARTS) is 1. The van der Waals surface area contributed by atoms with Gasteiger partial charge in [-0.15, -0.1) is 0 Å². The molecule has 1 atom stereocenters. The fraction of sp³-hybridized carbons (Fsp3) is 0.462. The van der Waals surface area contributed by atoms with Gasteiger partial charge in [0.1, 0.15) is 5.75 Å². The van der Waals surface area contributed by atoms with E-state index in [-0.39, 0.29) is 0 Å². The summed E-state index contributed by atoms with van der Waals surface area (Å²) in [4.78, 5) is 10.4. The van der Waals surface area contributed by atoms with Crippen molar-refractivity contribution in [3.8, 4) is 5.75 Å². The molecule has 0 bridgehead atoms. The summed E-state index contributed by atoms with van der Waals surface area (Å²) in [6.45, 7) is 9.50. The number of carboxylic acids is 1. The maximum atomic E-state index is 10.4. The van der Waals surface area contributed by atoms with Crippen molar-refractivity contribution < 1.29 is 14.6 Å². The van der Waals surface area contributed by atoms with Gasteiger partial charge in [-0.25, -0.2) is 4.79 Å². The molecule has 92 valence electrons. The maximum Gasteiger partial charge on any atom is 0.344 e. The summed E-state index contributed by atoms with van der Waals surface area (Å²) in [6.07, 6.45) is -0.799. The number of carbonyl (C=O) groups is 1. The van der Waals surface area contributed by atoms with Crippen molar-refractivity contribution in [3.05, 3.63) is 30.3 Å². The first-order valence-electron chi connectivity index (χ1n) is 5.64. The van der Waals surface area contributed by atoms with Gasteiger partial charge in [-0.05, 0) is 19.1 Å². The van der Waals surface area contributed by atoms with Crippen LogP contribution in [0, 0.1) is 0 Å². The Hall–Kier alpha value is -1.51. The number of benzene rings is 1. The van der Waals surface area contributed by atoms with Crippen molar-refractivity contribution >= 4 is 5.97 Å². The van der Waals surface area contributed by atoms with Gasteiger partial charge < -0.3 is 9.84 Å². The van der Waals surface area contributed by atoms with Gasteiger partial charge in [0.2, 0.25) is 0 Å². The molecule has 0 radical (unpaired) electrons. The van der Waals surface area contributed by atoms with Crippen LogP contribution in [0.25, 0.3) is 0 Å². The molecule has 16 heavy (non-hydrogen) atoms. The number of rotatable bonds is 3. The van der Waals surface area contributed by atoms with Gasteiger partial charge in [-0.1, -0.05) is 45.9 Å². The van der Waals surface area contributed by atoms with E-state index >= 15 is 0 Å². The molecule has 0 saturated carbocycles. The van der Waals surface area contributed by atoms with Crippen molar-refractivity contribution in [2.45, 2.75) is 40.7 Å². The Balaban J connectivity index is 0. The summed E-state index contributed by atoms with van der Waals surface area (Å²) >= 11 is 0. The van der Waals surface area contributed by atoms with Crippen LogP contribution in [0.5, 0.6) is 5.75 Å². The molecule has 0 heterocycles. The SMILES string of the molecule is CC.CC.CC(Oc1ccccc1)C(=O)O. The quantitative estimate of drug-likeness (QED) is 0.856. The molecule has 0 aliphatic carbocycles. The van der Waals surface area contributed by atoms with Crippen LogP contribution in [-0.2, 0) is 4.79 Å². The molecule has 3 heteroatoms. The molecular weight excluding hydrogens is 204 g/mol. The summed E-state index contributed by atoms with van der Waals surface area (Å²) in [5, 5.41) is 8.52. The van der Waals surface area contributed by atoms with Crippen LogP contribution in [0.2, 0.25) is 0 Å². The molecule has 0 aliphatic rings. The highest BCUT2D eigenvalue weighted by atomic mass is 16.5. The van der Waals surface area contributed by atoms with Gasteiger partial charge in [0.05, 0.1) is 0 Å². The van der Waals surface area contributed by atoms with E-state index in [9.17, 15) is 4.79 Å². The van der Waals surface area contributed by atoms with Crippen molar-refractivity contribution in [2.24, 2.45) is 0 Å². The molecule has 3 nitrogen and oxygen atoms in total. The third kappa shape index (κ3) is 7.85. The Kier molecular flexibility index (Phi) is 12.2. The highest BCUT2D eigenvalue weighted by Crippen LogP contribution is 2.10. The van der Waals surface area contributed by atoms with Crippen LogP contribution in [0.4, 0.5) is 0 Å². The molecule has 0 fully saturated rings. The zero-order valence-electron chi connectivity index (χ0n) is 10.7. The second kappa shape index (κ2) is 11.6. The van der Waals surface area contributed by atoms with Gasteiger partial charge in [-0.3, -0.25) is 0 Å². The minimum Gasteiger partial charge on any atom is -0.479 e. The van der Waals surface area contributed by atoms with Gasteiger partial charge in [0.15, 0.2) is 6.10 Å². The van der Waals surface area contributed by atoms with Crippen LogP contribution in [-0.4, -0.2) is 17.2 Å². The lowest BCUT2D eigenvalue weighted by Crippen LogP contribution is -2.22. The molecular formula is C13H22O3. The fourth-order valence-corrected chi connectivity index (χ4v) is 0.754. The van der Waals surface area contributed by atoms with E-state index in [0.717, 1.165) is 0 Å². The number of hydrogen-bond acceptors (Lipinski definition) is 2. The fourth-order valence-electron chi connectivity index (χ4n) is 0.754. The topological polar surface area (TPSA) is 46.5 Å². The van der Waals surface area contributed by atoms with Crippen LogP contribution in [0.3, 0.4) is 0 Å². The molecule has 0 amide bonds. The van der Waals surface area contributed by atoms with Crippen LogP contribution >= 0.6 is 0 Å². The normalized spacial score (nSPS) is 9.81. The van der Waals surface area contributed by atoms with Crippen LogP contribution < -0.4 is 4.74 Å². The average Bonchev–Trinajstić information content (AvgIpc) is 2.35. The second-order valence-electron chi connectivity index (χ2n) is 2.41. The first-order valence-corrected chi connectivity index (χ1v) is 5.64. The average molecular weight is 226 g/mol. The second-order valence-corrected chi connectivity index (χ2v) is 2.41. The molecule has 0 aliphatic heterocycles. The molecule has 1 aromatic carbocycles. The van der Waals surface area contributed by atoms with Gasteiger partial charge in [0, 0.05) is 0 Å². The lowest BCUT2D eigenvalue weighted by Gasteiger charge is -2.09. The number of aliphatic carboxylic acids is 1. The number of para-hydroxylation sites is 1. The molecule has 1 rings (SSSR count). The minimum absolute atomic E-state index is 0.576. The maximum absolute atomic E-state index is 10.4. The van der Waals surface area contributed by atoms with E-state index in [1.807, 2.05) is 33.8 Å². The molecule has 0 aromatic heterocycles. The van der Waals surface area contributed by atoms with E-state index in [4.69, 9.17) is 9.84 Å². The molecule has 1 unspecified atom stereocenters.